The van der Waals surface area contributed by atoms with E-state index in [2.05, 4.69) is 11.9 Å². The van der Waals surface area contributed by atoms with Crippen LogP contribution >= 0.6 is 0 Å². The third-order valence-corrected chi connectivity index (χ3v) is 1.53. The number of hydrogen-bond donors (Lipinski definition) is 1. The molecule has 0 spiro atoms. The van der Waals surface area contributed by atoms with Crippen LogP contribution in [0.1, 0.15) is 20.8 Å². The van der Waals surface area contributed by atoms with Crippen molar-refractivity contribution in [2.75, 3.05) is 20.1 Å². The van der Waals surface area contributed by atoms with Crippen LogP contribution in [0.5, 0.6) is 0 Å². The van der Waals surface area contributed by atoms with E-state index in [1.165, 1.54) is 11.9 Å². The Morgan fingerprint density at radius 1 is 1.44 bits per heavy atom. The van der Waals surface area contributed by atoms with Gasteiger partial charge < -0.3 is 15.0 Å². The summed E-state index contributed by atoms with van der Waals surface area (Å²) in [4.78, 5) is 24.0. The molecule has 0 saturated carbocycles. The second-order valence-corrected chi connectivity index (χ2v) is 4.43. The van der Waals surface area contributed by atoms with Crippen LogP contribution in [-0.4, -0.2) is 42.6 Å². The van der Waals surface area contributed by atoms with Crippen LogP contribution in [0, 0.1) is 0 Å². The van der Waals surface area contributed by atoms with Crippen molar-refractivity contribution >= 4 is 12.0 Å². The predicted molar refractivity (Wildman–Crippen MR) is 62.1 cm³/mol. The summed E-state index contributed by atoms with van der Waals surface area (Å²) in [6, 6.07) is 0. The first-order chi connectivity index (χ1) is 7.26. The zero-order valence-electron chi connectivity index (χ0n) is 10.4. The van der Waals surface area contributed by atoms with Crippen molar-refractivity contribution in [3.8, 4) is 0 Å². The normalized spacial score (nSPS) is 10.5. The van der Waals surface area contributed by atoms with Crippen LogP contribution < -0.4 is 5.32 Å². The minimum absolute atomic E-state index is 0.0250. The van der Waals surface area contributed by atoms with E-state index < -0.39 is 11.7 Å². The van der Waals surface area contributed by atoms with Crippen LogP contribution in [-0.2, 0) is 9.53 Å². The maximum Gasteiger partial charge on any atom is 0.410 e. The number of nitrogens with zero attached hydrogens (tertiary/aromatic N) is 1. The molecular formula is C11H20N2O3. The fourth-order valence-electron chi connectivity index (χ4n) is 0.862. The van der Waals surface area contributed by atoms with Crippen molar-refractivity contribution in [1.82, 2.24) is 10.2 Å². The van der Waals surface area contributed by atoms with Gasteiger partial charge >= 0.3 is 6.09 Å². The number of hydrogen-bond acceptors (Lipinski definition) is 3. The van der Waals surface area contributed by atoms with E-state index in [4.69, 9.17) is 4.74 Å². The molecule has 16 heavy (non-hydrogen) atoms. The van der Waals surface area contributed by atoms with Crippen LogP contribution in [0.25, 0.3) is 0 Å². The van der Waals surface area contributed by atoms with Crippen molar-refractivity contribution in [1.29, 1.82) is 0 Å². The summed E-state index contributed by atoms with van der Waals surface area (Å²) in [7, 11) is 1.52. The van der Waals surface area contributed by atoms with Crippen molar-refractivity contribution in [3.63, 3.8) is 0 Å². The molecule has 2 amide bonds. The van der Waals surface area contributed by atoms with E-state index in [0.29, 0.717) is 6.54 Å². The Morgan fingerprint density at radius 3 is 2.44 bits per heavy atom. The van der Waals surface area contributed by atoms with Crippen LogP contribution in [0.15, 0.2) is 12.7 Å². The van der Waals surface area contributed by atoms with Gasteiger partial charge in [-0.15, -0.1) is 6.58 Å². The van der Waals surface area contributed by atoms with Gasteiger partial charge in [0.25, 0.3) is 0 Å². The minimum atomic E-state index is -0.553. The van der Waals surface area contributed by atoms with E-state index in [0.717, 1.165) is 0 Å². The summed E-state index contributed by atoms with van der Waals surface area (Å²) >= 11 is 0. The lowest BCUT2D eigenvalue weighted by molar-refractivity contribution is -0.121. The minimum Gasteiger partial charge on any atom is -0.444 e. The van der Waals surface area contributed by atoms with Gasteiger partial charge in [-0.25, -0.2) is 4.79 Å². The van der Waals surface area contributed by atoms with E-state index in [1.54, 1.807) is 26.8 Å². The first-order valence-electron chi connectivity index (χ1n) is 5.08. The third kappa shape index (κ3) is 6.86. The van der Waals surface area contributed by atoms with Gasteiger partial charge in [0.2, 0.25) is 5.91 Å². The Labute approximate surface area is 96.4 Å². The zero-order chi connectivity index (χ0) is 12.8. The molecule has 0 fully saturated rings. The van der Waals surface area contributed by atoms with Gasteiger partial charge in [-0.1, -0.05) is 6.08 Å². The zero-order valence-corrected chi connectivity index (χ0v) is 10.4. The Bertz CT molecular complexity index is 269. The Kier molecular flexibility index (Phi) is 5.56. The van der Waals surface area contributed by atoms with E-state index in [1.807, 2.05) is 0 Å². The Balaban J connectivity index is 4.05. The molecule has 5 nitrogen and oxygen atoms in total. The number of rotatable bonds is 4. The number of nitrogens with one attached hydrogen (secondary N) is 1. The number of amides is 2. The lowest BCUT2D eigenvalue weighted by atomic mass is 10.2. The molecule has 1 N–H and O–H groups in total. The smallest absolute Gasteiger partial charge is 0.410 e. The lowest BCUT2D eigenvalue weighted by Gasteiger charge is -2.24. The summed E-state index contributed by atoms with van der Waals surface area (Å²) in [5.74, 6) is -0.242. The van der Waals surface area contributed by atoms with Crippen molar-refractivity contribution < 1.29 is 14.3 Å². The molecule has 0 aromatic heterocycles. The molecule has 0 radical (unpaired) electrons. The highest BCUT2D eigenvalue weighted by Gasteiger charge is 2.20. The van der Waals surface area contributed by atoms with Crippen LogP contribution in [0.3, 0.4) is 0 Å². The average Bonchev–Trinajstić information content (AvgIpc) is 2.11. The van der Waals surface area contributed by atoms with Crippen molar-refractivity contribution in [2.45, 2.75) is 26.4 Å². The summed E-state index contributed by atoms with van der Waals surface area (Å²) < 4.78 is 5.09. The molecule has 0 atom stereocenters. The molecular weight excluding hydrogens is 208 g/mol. The highest BCUT2D eigenvalue weighted by atomic mass is 16.6. The molecule has 0 aliphatic rings. The molecule has 5 heteroatoms. The van der Waals surface area contributed by atoms with Crippen LogP contribution in [0.2, 0.25) is 0 Å². The maximum absolute atomic E-state index is 11.5. The second-order valence-electron chi connectivity index (χ2n) is 4.43. The number of carbonyl (C=O) groups is 2. The standard InChI is InChI=1S/C11H20N2O3/c1-6-7-12-9(14)8-13(5)10(15)16-11(2,3)4/h6H,1,7-8H2,2-5H3,(H,12,14). The molecule has 0 bridgehead atoms. The highest BCUT2D eigenvalue weighted by Crippen LogP contribution is 2.08. The molecule has 0 heterocycles. The highest BCUT2D eigenvalue weighted by molar-refractivity contribution is 5.82. The molecule has 0 rings (SSSR count). The van der Waals surface area contributed by atoms with E-state index in [-0.39, 0.29) is 12.5 Å². The molecule has 0 aromatic carbocycles. The molecule has 92 valence electrons. The Hall–Kier alpha value is -1.52. The summed E-state index contributed by atoms with van der Waals surface area (Å²) in [6.45, 7) is 9.16. The van der Waals surface area contributed by atoms with Gasteiger partial charge in [0.05, 0.1) is 0 Å². The largest absolute Gasteiger partial charge is 0.444 e. The van der Waals surface area contributed by atoms with Crippen LogP contribution in [0.4, 0.5) is 4.79 Å². The van der Waals surface area contributed by atoms with E-state index in [9.17, 15) is 9.59 Å². The molecule has 0 unspecified atom stereocenters. The molecule has 0 saturated heterocycles. The van der Waals surface area contributed by atoms with Gasteiger partial charge in [0.1, 0.15) is 12.1 Å². The van der Waals surface area contributed by atoms with Gasteiger partial charge in [-0.2, -0.15) is 0 Å². The van der Waals surface area contributed by atoms with Gasteiger partial charge in [0, 0.05) is 13.6 Å². The summed E-state index contributed by atoms with van der Waals surface area (Å²) in [5.41, 5.74) is -0.553. The van der Waals surface area contributed by atoms with Gasteiger partial charge in [0.15, 0.2) is 0 Å². The number of carbonyl (C=O) groups excluding carboxylic acids is 2. The summed E-state index contributed by atoms with van der Waals surface area (Å²) in [6.07, 6.45) is 1.06. The fourth-order valence-corrected chi connectivity index (χ4v) is 0.862. The van der Waals surface area contributed by atoms with Gasteiger partial charge in [-0.3, -0.25) is 4.79 Å². The molecule has 0 aliphatic carbocycles. The average molecular weight is 228 g/mol. The van der Waals surface area contributed by atoms with E-state index >= 15 is 0 Å². The molecule has 0 aliphatic heterocycles. The first-order valence-corrected chi connectivity index (χ1v) is 5.08. The lowest BCUT2D eigenvalue weighted by Crippen LogP contribution is -2.41. The van der Waals surface area contributed by atoms with Crippen molar-refractivity contribution in [3.05, 3.63) is 12.7 Å². The Morgan fingerprint density at radius 2 is 2.00 bits per heavy atom. The topological polar surface area (TPSA) is 58.6 Å². The van der Waals surface area contributed by atoms with Crippen molar-refractivity contribution in [2.24, 2.45) is 0 Å². The maximum atomic E-state index is 11.5. The third-order valence-electron chi connectivity index (χ3n) is 1.53. The second kappa shape index (κ2) is 6.15. The SMILES string of the molecule is C=CCNC(=O)CN(C)C(=O)OC(C)(C)C. The fraction of sp³-hybridized carbons (Fsp3) is 0.636. The number of ether oxygens (including phenoxy) is 1. The first kappa shape index (κ1) is 14.5. The summed E-state index contributed by atoms with van der Waals surface area (Å²) in [5, 5.41) is 2.57. The number of likely N-dealkylation sites (N-methyl/N-ethyl adjacent to an activating group) is 1. The van der Waals surface area contributed by atoms with Gasteiger partial charge in [-0.05, 0) is 20.8 Å². The molecule has 0 aromatic rings. The monoisotopic (exact) mass is 228 g/mol. The quantitative estimate of drug-likeness (QED) is 0.734. The predicted octanol–water partition coefficient (Wildman–Crippen LogP) is 1.16.